The number of hydrogen-bond acceptors (Lipinski definition) is 1. The molecule has 0 amide bonds. The van der Waals surface area contributed by atoms with Crippen molar-refractivity contribution in [3.05, 3.63) is 24.1 Å². The van der Waals surface area contributed by atoms with E-state index in [9.17, 15) is 4.39 Å². The molecule has 2 fully saturated rings. The topological polar surface area (TPSA) is 23.8 Å². The predicted octanol–water partition coefficient (Wildman–Crippen LogP) is 6.72. The molecule has 0 bridgehead atoms. The Morgan fingerprint density at radius 1 is 0.957 bits per heavy atom. The highest BCUT2D eigenvalue weighted by Crippen LogP contribution is 2.37. The molecule has 23 heavy (non-hydrogen) atoms. The zero-order chi connectivity index (χ0) is 16.5. The molecule has 0 aromatic rings. The van der Waals surface area contributed by atoms with Gasteiger partial charge in [-0.2, -0.15) is 9.65 Å². The van der Waals surface area contributed by atoms with E-state index in [0.717, 1.165) is 17.8 Å². The van der Waals surface area contributed by atoms with E-state index in [-0.39, 0.29) is 0 Å². The van der Waals surface area contributed by atoms with Crippen molar-refractivity contribution in [1.29, 1.82) is 5.26 Å². The maximum Gasteiger partial charge on any atom is 0.199 e. The van der Waals surface area contributed by atoms with Crippen LogP contribution < -0.4 is 0 Å². The van der Waals surface area contributed by atoms with E-state index >= 15 is 0 Å². The van der Waals surface area contributed by atoms with Gasteiger partial charge in [0, 0.05) is 0 Å². The van der Waals surface area contributed by atoms with E-state index in [0.29, 0.717) is 5.92 Å². The molecule has 0 spiro atoms. The summed E-state index contributed by atoms with van der Waals surface area (Å²) >= 11 is 0. The summed E-state index contributed by atoms with van der Waals surface area (Å²) < 4.78 is 12.7. The van der Waals surface area contributed by atoms with Gasteiger partial charge in [0.25, 0.3) is 0 Å². The second-order valence-electron chi connectivity index (χ2n) is 7.66. The molecule has 2 saturated carbocycles. The zero-order valence-electron chi connectivity index (χ0n) is 14.6. The lowest BCUT2D eigenvalue weighted by molar-refractivity contribution is 0.224. The van der Waals surface area contributed by atoms with Gasteiger partial charge in [-0.15, -0.1) is 0 Å². The molecular weight excluding hydrogens is 285 g/mol. The lowest BCUT2D eigenvalue weighted by Crippen LogP contribution is -2.17. The second-order valence-corrected chi connectivity index (χ2v) is 7.66. The van der Waals surface area contributed by atoms with Gasteiger partial charge in [0.1, 0.15) is 6.07 Å². The summed E-state index contributed by atoms with van der Waals surface area (Å²) in [5.74, 6) is 2.79. The van der Waals surface area contributed by atoms with Crippen LogP contribution in [0.25, 0.3) is 0 Å². The monoisotopic (exact) mass is 317 g/mol. The van der Waals surface area contributed by atoms with E-state index in [1.807, 2.05) is 0 Å². The molecule has 2 aliphatic rings. The van der Waals surface area contributed by atoms with Crippen molar-refractivity contribution in [2.24, 2.45) is 23.7 Å². The molecule has 0 aromatic carbocycles. The van der Waals surface area contributed by atoms with Gasteiger partial charge in [0.15, 0.2) is 5.83 Å². The number of allylic oxidation sites excluding steroid dienone is 4. The Morgan fingerprint density at radius 2 is 1.48 bits per heavy atom. The first-order valence-corrected chi connectivity index (χ1v) is 9.65. The van der Waals surface area contributed by atoms with E-state index in [1.165, 1.54) is 82.8 Å². The quantitative estimate of drug-likeness (QED) is 0.394. The second kappa shape index (κ2) is 9.91. The molecule has 0 radical (unpaired) electrons. The molecule has 1 nitrogen and oxygen atoms in total. The Morgan fingerprint density at radius 3 is 2.00 bits per heavy atom. The molecule has 0 aliphatic heterocycles. The van der Waals surface area contributed by atoms with Crippen LogP contribution >= 0.6 is 0 Å². The Balaban J connectivity index is 1.61. The number of nitrogens with zero attached hydrogens (tertiary/aromatic N) is 1. The fraction of sp³-hybridized carbons (Fsp3) is 0.762. The highest BCUT2D eigenvalue weighted by Gasteiger charge is 2.23. The van der Waals surface area contributed by atoms with Crippen LogP contribution in [0.5, 0.6) is 0 Å². The third-order valence-electron chi connectivity index (χ3n) is 6.15. The molecular formula is C21H32FN. The highest BCUT2D eigenvalue weighted by atomic mass is 19.1. The lowest BCUT2D eigenvalue weighted by atomic mass is 9.75. The molecule has 0 N–H and O–H groups in total. The minimum atomic E-state index is -0.701. The maximum atomic E-state index is 12.7. The van der Waals surface area contributed by atoms with Crippen molar-refractivity contribution in [1.82, 2.24) is 0 Å². The van der Waals surface area contributed by atoms with Crippen LogP contribution in [-0.4, -0.2) is 0 Å². The summed E-state index contributed by atoms with van der Waals surface area (Å²) in [6.07, 6.45) is 20.3. The van der Waals surface area contributed by atoms with Gasteiger partial charge < -0.3 is 0 Å². The van der Waals surface area contributed by atoms with E-state index < -0.39 is 5.83 Å². The molecule has 0 unspecified atom stereocenters. The molecule has 2 aliphatic carbocycles. The number of nitriles is 1. The number of rotatable bonds is 6. The van der Waals surface area contributed by atoms with Gasteiger partial charge in [-0.05, 0) is 55.4 Å². The van der Waals surface area contributed by atoms with Gasteiger partial charge in [0.05, 0.1) is 0 Å². The average Bonchev–Trinajstić information content (AvgIpc) is 2.61. The predicted molar refractivity (Wildman–Crippen MR) is 94.4 cm³/mol. The molecule has 0 heterocycles. The normalized spacial score (nSPS) is 32.8. The van der Waals surface area contributed by atoms with Crippen LogP contribution in [0.3, 0.4) is 0 Å². The largest absolute Gasteiger partial charge is 0.199 e. The van der Waals surface area contributed by atoms with Crippen molar-refractivity contribution in [3.8, 4) is 6.07 Å². The average molecular weight is 317 g/mol. The third kappa shape index (κ3) is 6.50. The maximum absolute atomic E-state index is 12.7. The van der Waals surface area contributed by atoms with Crippen LogP contribution in [0.1, 0.15) is 77.6 Å². The minimum absolute atomic E-state index is 0.578. The first-order chi connectivity index (χ1) is 11.2. The molecule has 2 heteroatoms. The van der Waals surface area contributed by atoms with E-state index in [2.05, 4.69) is 13.0 Å². The van der Waals surface area contributed by atoms with E-state index in [4.69, 9.17) is 5.26 Å². The summed E-state index contributed by atoms with van der Waals surface area (Å²) in [4.78, 5) is 0. The molecule has 128 valence electrons. The van der Waals surface area contributed by atoms with Crippen molar-refractivity contribution in [2.75, 3.05) is 0 Å². The SMILES string of the molecule is CC[C@H]1CC[C@H](CC[C@H]2CC[C@H](/C=C/C=C(\F)C#N)CC2)CC1. The summed E-state index contributed by atoms with van der Waals surface area (Å²) in [6.45, 7) is 2.34. The Hall–Kier alpha value is -1.10. The Labute approximate surface area is 141 Å². The van der Waals surface area contributed by atoms with Crippen LogP contribution in [-0.2, 0) is 0 Å². The number of halogens is 1. The molecule has 2 rings (SSSR count). The molecule has 0 saturated heterocycles. The van der Waals surface area contributed by atoms with Crippen LogP contribution in [0, 0.1) is 35.0 Å². The van der Waals surface area contributed by atoms with Gasteiger partial charge in [-0.3, -0.25) is 0 Å². The van der Waals surface area contributed by atoms with Crippen molar-refractivity contribution in [2.45, 2.75) is 77.6 Å². The molecule has 0 aromatic heterocycles. The van der Waals surface area contributed by atoms with Crippen LogP contribution in [0.2, 0.25) is 0 Å². The Bertz CT molecular complexity index is 429. The van der Waals surface area contributed by atoms with Crippen molar-refractivity contribution in [3.63, 3.8) is 0 Å². The third-order valence-corrected chi connectivity index (χ3v) is 6.15. The Kier molecular flexibility index (Phi) is 7.86. The van der Waals surface area contributed by atoms with Gasteiger partial charge in [-0.1, -0.05) is 64.0 Å². The molecule has 0 atom stereocenters. The van der Waals surface area contributed by atoms with Crippen molar-refractivity contribution < 1.29 is 4.39 Å². The highest BCUT2D eigenvalue weighted by molar-refractivity contribution is 5.19. The van der Waals surface area contributed by atoms with Gasteiger partial charge in [-0.25, -0.2) is 0 Å². The van der Waals surface area contributed by atoms with E-state index in [1.54, 1.807) is 6.08 Å². The first-order valence-electron chi connectivity index (χ1n) is 9.65. The fourth-order valence-corrected chi connectivity index (χ4v) is 4.40. The lowest BCUT2D eigenvalue weighted by Gasteiger charge is -2.31. The van der Waals surface area contributed by atoms with Gasteiger partial charge in [0.2, 0.25) is 0 Å². The summed E-state index contributed by atoms with van der Waals surface area (Å²) in [5, 5.41) is 8.37. The summed E-state index contributed by atoms with van der Waals surface area (Å²) in [6, 6.07) is 1.51. The smallest absolute Gasteiger partial charge is 0.195 e. The zero-order valence-corrected chi connectivity index (χ0v) is 14.6. The first kappa shape index (κ1) is 18.2. The van der Waals surface area contributed by atoms with Gasteiger partial charge >= 0.3 is 0 Å². The number of hydrogen-bond donors (Lipinski definition) is 0. The standard InChI is InChI=1S/C21H32FN/c1-2-17-6-8-19(9-7-17)14-15-20-12-10-18(11-13-20)4-3-5-21(22)16-23/h3-5,17-20H,2,6-15H2,1H3/b4-3+,21-5-/t17-,18-,19-,20-. The fourth-order valence-electron chi connectivity index (χ4n) is 4.40. The summed E-state index contributed by atoms with van der Waals surface area (Å²) in [7, 11) is 0. The summed E-state index contributed by atoms with van der Waals surface area (Å²) in [5.41, 5.74) is 0. The minimum Gasteiger partial charge on any atom is -0.195 e. The van der Waals surface area contributed by atoms with Crippen LogP contribution in [0.15, 0.2) is 24.1 Å². The van der Waals surface area contributed by atoms with Crippen molar-refractivity contribution >= 4 is 0 Å². The van der Waals surface area contributed by atoms with Crippen LogP contribution in [0.4, 0.5) is 4.39 Å².